The van der Waals surface area contributed by atoms with Gasteiger partial charge in [-0.3, -0.25) is 4.79 Å². The molecule has 0 N–H and O–H groups in total. The Morgan fingerprint density at radius 2 is 2.07 bits per heavy atom. The quantitative estimate of drug-likeness (QED) is 0.492. The summed E-state index contributed by atoms with van der Waals surface area (Å²) in [6.45, 7) is 0.764. The summed E-state index contributed by atoms with van der Waals surface area (Å²) in [5.41, 5.74) is 0.132. The second-order valence-corrected chi connectivity index (χ2v) is 9.35. The predicted molar refractivity (Wildman–Crippen MR) is 109 cm³/mol. The maximum Gasteiger partial charge on any atom is 0.337 e. The van der Waals surface area contributed by atoms with E-state index in [0.29, 0.717) is 26.0 Å². The number of sulfonamides is 1. The fourth-order valence-corrected chi connectivity index (χ4v) is 6.32. The number of hydrogen-bond donors (Lipinski definition) is 0. The molecule has 2 bridgehead atoms. The number of benzene rings is 1. The van der Waals surface area contributed by atoms with Crippen molar-refractivity contribution in [3.8, 4) is 12.3 Å². The minimum absolute atomic E-state index is 0.0448. The number of esters is 1. The Bertz CT molecular complexity index is 954. The molecule has 1 amide bonds. The Morgan fingerprint density at radius 1 is 1.30 bits per heavy atom. The highest BCUT2D eigenvalue weighted by Gasteiger charge is 2.50. The molecule has 9 heteroatoms. The highest BCUT2D eigenvalue weighted by molar-refractivity contribution is 7.89. The number of methoxy groups -OCH3 is 2. The molecule has 2 aliphatic rings. The zero-order chi connectivity index (χ0) is 21.9. The molecule has 8 nitrogen and oxygen atoms in total. The van der Waals surface area contributed by atoms with Crippen LogP contribution in [0.2, 0.25) is 0 Å². The van der Waals surface area contributed by atoms with Gasteiger partial charge in [0, 0.05) is 25.6 Å². The van der Waals surface area contributed by atoms with Gasteiger partial charge in [-0.1, -0.05) is 12.0 Å². The van der Waals surface area contributed by atoms with Crippen LogP contribution in [-0.2, 0) is 24.3 Å². The third kappa shape index (κ3) is 4.08. The topological polar surface area (TPSA) is 93.2 Å². The monoisotopic (exact) mass is 434 g/mol. The Hall–Kier alpha value is -2.41. The fourth-order valence-electron chi connectivity index (χ4n) is 4.39. The molecule has 1 aromatic carbocycles. The van der Waals surface area contributed by atoms with E-state index in [0.717, 1.165) is 6.42 Å². The first-order valence-corrected chi connectivity index (χ1v) is 11.2. The number of fused-ring (bicyclic) bond motifs is 2. The Morgan fingerprint density at radius 3 is 2.73 bits per heavy atom. The smallest absolute Gasteiger partial charge is 0.337 e. The van der Waals surface area contributed by atoms with Crippen LogP contribution in [0.25, 0.3) is 0 Å². The summed E-state index contributed by atoms with van der Waals surface area (Å²) < 4.78 is 38.8. The van der Waals surface area contributed by atoms with Crippen molar-refractivity contribution in [2.45, 2.75) is 36.2 Å². The third-order valence-corrected chi connectivity index (χ3v) is 7.63. The van der Waals surface area contributed by atoms with E-state index in [-0.39, 0.29) is 28.8 Å². The summed E-state index contributed by atoms with van der Waals surface area (Å²) in [4.78, 5) is 26.6. The average Bonchev–Trinajstić information content (AvgIpc) is 2.82. The third-order valence-electron chi connectivity index (χ3n) is 5.70. The Kier molecular flexibility index (Phi) is 6.81. The molecule has 1 aromatic rings. The first kappa shape index (κ1) is 22.3. The van der Waals surface area contributed by atoms with E-state index in [1.807, 2.05) is 0 Å². The molecule has 2 saturated heterocycles. The van der Waals surface area contributed by atoms with Gasteiger partial charge in [0.05, 0.1) is 30.7 Å². The van der Waals surface area contributed by atoms with Crippen molar-refractivity contribution in [2.24, 2.45) is 5.92 Å². The summed E-state index contributed by atoms with van der Waals surface area (Å²) in [6.07, 6.45) is 7.23. The van der Waals surface area contributed by atoms with Gasteiger partial charge in [-0.05, 0) is 37.5 Å². The molecule has 0 radical (unpaired) electrons. The van der Waals surface area contributed by atoms with Crippen LogP contribution in [0.4, 0.5) is 0 Å². The lowest BCUT2D eigenvalue weighted by Crippen LogP contribution is -2.55. The molecule has 2 heterocycles. The maximum atomic E-state index is 13.7. The predicted octanol–water partition coefficient (Wildman–Crippen LogP) is 1.12. The highest BCUT2D eigenvalue weighted by atomic mass is 32.2. The lowest BCUT2D eigenvalue weighted by atomic mass is 9.91. The normalized spacial score (nSPS) is 24.8. The second kappa shape index (κ2) is 9.16. The van der Waals surface area contributed by atoms with Crippen LogP contribution in [0, 0.1) is 18.3 Å². The summed E-state index contributed by atoms with van der Waals surface area (Å²) in [7, 11) is -1.27. The number of carbonyl (C=O) groups excluding carboxylic acids is 2. The van der Waals surface area contributed by atoms with Crippen LogP contribution in [0.5, 0.6) is 0 Å². The molecule has 3 rings (SSSR count). The number of amides is 1. The first-order valence-electron chi connectivity index (χ1n) is 9.78. The summed E-state index contributed by atoms with van der Waals surface area (Å²) in [5, 5.41) is 0. The van der Waals surface area contributed by atoms with Gasteiger partial charge in [0.25, 0.3) is 0 Å². The molecule has 0 aromatic heterocycles. The molecule has 1 unspecified atom stereocenters. The molecule has 0 aliphatic carbocycles. The first-order chi connectivity index (χ1) is 14.3. The zero-order valence-electron chi connectivity index (χ0n) is 17.1. The summed E-state index contributed by atoms with van der Waals surface area (Å²) >= 11 is 0. The van der Waals surface area contributed by atoms with Crippen molar-refractivity contribution in [1.29, 1.82) is 0 Å². The molecule has 0 spiro atoms. The summed E-state index contributed by atoms with van der Waals surface area (Å²) in [6, 6.07) is 4.47. The van der Waals surface area contributed by atoms with Crippen molar-refractivity contribution in [1.82, 2.24) is 9.21 Å². The molecule has 3 atom stereocenters. The molecular weight excluding hydrogens is 408 g/mol. The number of carbonyl (C=O) groups is 2. The lowest BCUT2D eigenvalue weighted by molar-refractivity contribution is -0.134. The number of ether oxygens (including phenoxy) is 2. The van der Waals surface area contributed by atoms with Crippen molar-refractivity contribution >= 4 is 21.9 Å². The number of nitrogens with zero attached hydrogens (tertiary/aromatic N) is 2. The minimum atomic E-state index is -4.06. The van der Waals surface area contributed by atoms with Gasteiger partial charge in [-0.15, -0.1) is 6.42 Å². The number of piperidine rings is 1. The Labute approximate surface area is 177 Å². The van der Waals surface area contributed by atoms with E-state index < -0.39 is 28.1 Å². The van der Waals surface area contributed by atoms with E-state index in [1.54, 1.807) is 12.0 Å². The van der Waals surface area contributed by atoms with Gasteiger partial charge in [0.2, 0.25) is 15.9 Å². The number of hydrogen-bond acceptors (Lipinski definition) is 6. The van der Waals surface area contributed by atoms with E-state index in [1.165, 1.54) is 35.7 Å². The fraction of sp³-hybridized carbons (Fsp3) is 0.524. The van der Waals surface area contributed by atoms with Gasteiger partial charge in [-0.25, -0.2) is 13.2 Å². The maximum absolute atomic E-state index is 13.7. The minimum Gasteiger partial charge on any atom is -0.465 e. The van der Waals surface area contributed by atoms with Gasteiger partial charge >= 0.3 is 5.97 Å². The van der Waals surface area contributed by atoms with Gasteiger partial charge < -0.3 is 14.4 Å². The van der Waals surface area contributed by atoms with Gasteiger partial charge in [0.15, 0.2) is 0 Å². The molecule has 2 aliphatic heterocycles. The molecule has 30 heavy (non-hydrogen) atoms. The SMILES string of the molecule is C#CCN1C[C@H](COC)[C@@H]2CCCC(C1=O)N2S(=O)(=O)c1cccc(C(=O)OC)c1. The van der Waals surface area contributed by atoms with Crippen molar-refractivity contribution in [3.05, 3.63) is 29.8 Å². The second-order valence-electron chi connectivity index (χ2n) is 7.51. The van der Waals surface area contributed by atoms with E-state index >= 15 is 0 Å². The van der Waals surface area contributed by atoms with Crippen molar-refractivity contribution in [3.63, 3.8) is 0 Å². The standard InChI is InChI=1S/C21H26N2O6S/c1-4-11-22-13-16(14-28-2)18-9-6-10-19(20(22)24)23(18)30(26,27)17-8-5-7-15(12-17)21(25)29-3/h1,5,7-8,12,16,18-19H,6,9-11,13-14H2,2-3H3/t16-,18+,19?/m1/s1. The number of terminal acetylenes is 1. The van der Waals surface area contributed by atoms with Crippen LogP contribution in [0.15, 0.2) is 29.2 Å². The number of rotatable bonds is 6. The van der Waals surface area contributed by atoms with Gasteiger partial charge in [-0.2, -0.15) is 4.31 Å². The van der Waals surface area contributed by atoms with Crippen LogP contribution < -0.4 is 0 Å². The largest absolute Gasteiger partial charge is 0.465 e. The van der Waals surface area contributed by atoms with Crippen LogP contribution in [0.3, 0.4) is 0 Å². The molecule has 2 fully saturated rings. The van der Waals surface area contributed by atoms with E-state index in [9.17, 15) is 18.0 Å². The van der Waals surface area contributed by atoms with Crippen molar-refractivity contribution in [2.75, 3.05) is 33.9 Å². The summed E-state index contributed by atoms with van der Waals surface area (Å²) in [5.74, 6) is 1.37. The van der Waals surface area contributed by atoms with E-state index in [4.69, 9.17) is 15.9 Å². The van der Waals surface area contributed by atoms with Crippen LogP contribution in [-0.4, -0.2) is 75.5 Å². The molecular formula is C21H26N2O6S. The van der Waals surface area contributed by atoms with Crippen LogP contribution >= 0.6 is 0 Å². The lowest BCUT2D eigenvalue weighted by Gasteiger charge is -2.40. The van der Waals surface area contributed by atoms with E-state index in [2.05, 4.69) is 5.92 Å². The molecule has 0 saturated carbocycles. The van der Waals surface area contributed by atoms with Crippen LogP contribution in [0.1, 0.15) is 29.6 Å². The van der Waals surface area contributed by atoms with Crippen molar-refractivity contribution < 1.29 is 27.5 Å². The Balaban J connectivity index is 2.09. The van der Waals surface area contributed by atoms with Gasteiger partial charge in [0.1, 0.15) is 6.04 Å². The molecule has 162 valence electrons. The zero-order valence-corrected chi connectivity index (χ0v) is 17.9. The highest BCUT2D eigenvalue weighted by Crippen LogP contribution is 2.37. The average molecular weight is 435 g/mol.